The van der Waals surface area contributed by atoms with E-state index in [1.54, 1.807) is 25.1 Å². The molecule has 0 aliphatic carbocycles. The van der Waals surface area contributed by atoms with E-state index in [0.29, 0.717) is 11.3 Å². The van der Waals surface area contributed by atoms with Gasteiger partial charge in [-0.3, -0.25) is 0 Å². The van der Waals surface area contributed by atoms with Gasteiger partial charge >= 0.3 is 5.97 Å². The third-order valence-electron chi connectivity index (χ3n) is 3.31. The van der Waals surface area contributed by atoms with Gasteiger partial charge in [0.1, 0.15) is 17.4 Å². The molecule has 2 aromatic heterocycles. The summed E-state index contributed by atoms with van der Waals surface area (Å²) >= 11 is 0. The second kappa shape index (κ2) is 6.30. The Morgan fingerprint density at radius 3 is 2.83 bits per heavy atom. The number of H-pyrrole nitrogens is 1. The van der Waals surface area contributed by atoms with Crippen molar-refractivity contribution >= 4 is 22.6 Å². The number of ether oxygens (including phenoxy) is 1. The van der Waals surface area contributed by atoms with Gasteiger partial charge in [-0.25, -0.2) is 9.78 Å². The highest BCUT2D eigenvalue weighted by molar-refractivity contribution is 5.87. The number of carbonyl (C=O) groups excluding carboxylic acids is 1. The molecule has 0 aliphatic heterocycles. The Morgan fingerprint density at radius 1 is 1.38 bits per heavy atom. The largest absolute Gasteiger partial charge is 0.507 e. The number of para-hydroxylation sites is 2. The average Bonchev–Trinajstić information content (AvgIpc) is 3.19. The maximum atomic E-state index is 11.8. The van der Waals surface area contributed by atoms with Crippen molar-refractivity contribution in [1.82, 2.24) is 9.97 Å². The first-order chi connectivity index (χ1) is 11.6. The first-order valence-corrected chi connectivity index (χ1v) is 7.09. The molecule has 0 bridgehead atoms. The van der Waals surface area contributed by atoms with Crippen LogP contribution in [0, 0.1) is 18.3 Å². The molecule has 3 aromatic rings. The number of nitrogens with zero attached hydrogens (tertiary/aromatic N) is 2. The smallest absolute Gasteiger partial charge is 0.374 e. The van der Waals surface area contributed by atoms with Crippen LogP contribution in [0.4, 0.5) is 0 Å². The summed E-state index contributed by atoms with van der Waals surface area (Å²) in [4.78, 5) is 19.0. The molecule has 0 fully saturated rings. The first-order valence-electron chi connectivity index (χ1n) is 7.09. The van der Waals surface area contributed by atoms with E-state index in [2.05, 4.69) is 9.97 Å². The van der Waals surface area contributed by atoms with Gasteiger partial charge in [0.2, 0.25) is 5.76 Å². The van der Waals surface area contributed by atoms with Crippen LogP contribution < -0.4 is 0 Å². The number of hydrogen-bond donors (Lipinski definition) is 2. The van der Waals surface area contributed by atoms with Crippen LogP contribution in [0.25, 0.3) is 16.6 Å². The number of esters is 1. The van der Waals surface area contributed by atoms with E-state index in [1.165, 1.54) is 6.07 Å². The number of fused-ring (bicyclic) bond motifs is 1. The summed E-state index contributed by atoms with van der Waals surface area (Å²) in [6, 6.07) is 12.2. The molecule has 0 unspecified atom stereocenters. The topological polar surface area (TPSA) is 112 Å². The zero-order valence-electron chi connectivity index (χ0n) is 12.7. The van der Waals surface area contributed by atoms with Gasteiger partial charge in [0, 0.05) is 0 Å². The summed E-state index contributed by atoms with van der Waals surface area (Å²) in [6.45, 7) is 1.24. The van der Waals surface area contributed by atoms with Crippen LogP contribution in [-0.2, 0) is 4.74 Å². The van der Waals surface area contributed by atoms with Gasteiger partial charge in [-0.05, 0) is 31.2 Å². The van der Waals surface area contributed by atoms with Crippen LogP contribution in [0.3, 0.4) is 0 Å². The standard InChI is InChI=1S/C17H13N3O4/c1-10-6-7-15(24-10)17(22)23-9-14(21)11(8-18)16-19-12-4-2-3-5-13(12)20-16/h2-7,21H,9H2,1H3,(H,19,20)/b14-11-. The fourth-order valence-corrected chi connectivity index (χ4v) is 2.15. The lowest BCUT2D eigenvalue weighted by Crippen LogP contribution is -2.08. The molecule has 24 heavy (non-hydrogen) atoms. The quantitative estimate of drug-likeness (QED) is 0.433. The molecule has 0 saturated heterocycles. The molecule has 0 aliphatic rings. The van der Waals surface area contributed by atoms with E-state index in [-0.39, 0.29) is 17.2 Å². The predicted molar refractivity (Wildman–Crippen MR) is 85.0 cm³/mol. The number of imidazole rings is 1. The molecule has 2 N–H and O–H groups in total. The molecule has 2 heterocycles. The van der Waals surface area contributed by atoms with Crippen LogP contribution in [-0.4, -0.2) is 27.7 Å². The second-order valence-corrected chi connectivity index (χ2v) is 5.02. The maximum Gasteiger partial charge on any atom is 0.374 e. The van der Waals surface area contributed by atoms with Crippen LogP contribution in [0.5, 0.6) is 0 Å². The molecule has 120 valence electrons. The van der Waals surface area contributed by atoms with Gasteiger partial charge in [0.25, 0.3) is 0 Å². The van der Waals surface area contributed by atoms with Gasteiger partial charge in [-0.2, -0.15) is 5.26 Å². The van der Waals surface area contributed by atoms with Gasteiger partial charge in [0.15, 0.2) is 18.2 Å². The Labute approximate surface area is 136 Å². The van der Waals surface area contributed by atoms with Crippen molar-refractivity contribution in [3.63, 3.8) is 0 Å². The number of carbonyl (C=O) groups is 1. The number of furan rings is 1. The Kier molecular flexibility index (Phi) is 4.03. The number of aromatic nitrogens is 2. The highest BCUT2D eigenvalue weighted by Crippen LogP contribution is 2.19. The van der Waals surface area contributed by atoms with E-state index >= 15 is 0 Å². The number of aliphatic hydroxyl groups excluding tert-OH is 1. The van der Waals surface area contributed by atoms with E-state index in [9.17, 15) is 15.2 Å². The summed E-state index contributed by atoms with van der Waals surface area (Å²) < 4.78 is 10.1. The lowest BCUT2D eigenvalue weighted by atomic mass is 10.2. The number of nitrogens with one attached hydrogen (secondary N) is 1. The number of allylic oxidation sites excluding steroid dienone is 1. The fourth-order valence-electron chi connectivity index (χ4n) is 2.15. The molecule has 0 radical (unpaired) electrons. The molecular weight excluding hydrogens is 310 g/mol. The van der Waals surface area contributed by atoms with Crippen LogP contribution in [0.1, 0.15) is 22.1 Å². The van der Waals surface area contributed by atoms with Crippen molar-refractivity contribution in [2.24, 2.45) is 0 Å². The molecule has 7 nitrogen and oxygen atoms in total. The fraction of sp³-hybridized carbons (Fsp3) is 0.118. The van der Waals surface area contributed by atoms with Gasteiger partial charge in [0.05, 0.1) is 11.0 Å². The van der Waals surface area contributed by atoms with Crippen molar-refractivity contribution in [2.75, 3.05) is 6.61 Å². The number of rotatable bonds is 4. The average molecular weight is 323 g/mol. The van der Waals surface area contributed by atoms with Crippen LogP contribution in [0.2, 0.25) is 0 Å². The zero-order valence-corrected chi connectivity index (χ0v) is 12.7. The molecule has 3 rings (SSSR count). The van der Waals surface area contributed by atoms with Gasteiger partial charge in [-0.1, -0.05) is 12.1 Å². The number of hydrogen-bond acceptors (Lipinski definition) is 6. The minimum atomic E-state index is -0.725. The van der Waals surface area contributed by atoms with Gasteiger partial charge < -0.3 is 19.2 Å². The van der Waals surface area contributed by atoms with Crippen molar-refractivity contribution in [2.45, 2.75) is 6.92 Å². The normalized spacial score (nSPS) is 11.8. The summed E-state index contributed by atoms with van der Waals surface area (Å²) in [6.07, 6.45) is 0. The Bertz CT molecular complexity index is 942. The number of aliphatic hydroxyl groups is 1. The maximum absolute atomic E-state index is 11.8. The number of aromatic amines is 1. The first kappa shape index (κ1) is 15.4. The monoisotopic (exact) mass is 323 g/mol. The lowest BCUT2D eigenvalue weighted by molar-refractivity contribution is 0.0465. The Morgan fingerprint density at radius 2 is 2.17 bits per heavy atom. The number of aryl methyl sites for hydroxylation is 1. The van der Waals surface area contributed by atoms with Crippen LogP contribution in [0.15, 0.2) is 46.6 Å². The summed E-state index contributed by atoms with van der Waals surface area (Å²) in [7, 11) is 0. The molecular formula is C17H13N3O4. The van der Waals surface area contributed by atoms with Crippen molar-refractivity contribution in [3.8, 4) is 6.07 Å². The SMILES string of the molecule is Cc1ccc(C(=O)OC/C(O)=C(\C#N)c2nc3ccccc3[nH]2)o1. The molecule has 0 amide bonds. The van der Waals surface area contributed by atoms with Crippen LogP contribution >= 0.6 is 0 Å². The van der Waals surface area contributed by atoms with Crippen molar-refractivity contribution in [1.29, 1.82) is 5.26 Å². The number of nitriles is 1. The second-order valence-electron chi connectivity index (χ2n) is 5.02. The van der Waals surface area contributed by atoms with E-state index in [4.69, 9.17) is 9.15 Å². The highest BCUT2D eigenvalue weighted by atomic mass is 16.6. The molecule has 1 aromatic carbocycles. The highest BCUT2D eigenvalue weighted by Gasteiger charge is 2.17. The molecule has 0 atom stereocenters. The molecule has 0 spiro atoms. The molecule has 0 saturated carbocycles. The van der Waals surface area contributed by atoms with E-state index in [0.717, 1.165) is 5.52 Å². The predicted octanol–water partition coefficient (Wildman–Crippen LogP) is 3.11. The third kappa shape index (κ3) is 2.98. The zero-order chi connectivity index (χ0) is 17.1. The summed E-state index contributed by atoms with van der Waals surface area (Å²) in [5.74, 6) is -0.310. The number of benzene rings is 1. The summed E-state index contributed by atoms with van der Waals surface area (Å²) in [5, 5.41) is 19.4. The van der Waals surface area contributed by atoms with E-state index < -0.39 is 18.3 Å². The molecule has 7 heteroatoms. The lowest BCUT2D eigenvalue weighted by Gasteiger charge is -2.03. The van der Waals surface area contributed by atoms with E-state index in [1.807, 2.05) is 18.2 Å². The summed E-state index contributed by atoms with van der Waals surface area (Å²) in [5.41, 5.74) is 1.31. The van der Waals surface area contributed by atoms with Crippen molar-refractivity contribution in [3.05, 3.63) is 59.5 Å². The minimum absolute atomic E-state index is 0.0301. The van der Waals surface area contributed by atoms with Gasteiger partial charge in [-0.15, -0.1) is 0 Å². The Hall–Kier alpha value is -3.53. The minimum Gasteiger partial charge on any atom is -0.507 e. The van der Waals surface area contributed by atoms with Crippen molar-refractivity contribution < 1.29 is 19.1 Å². The Balaban J connectivity index is 1.80. The third-order valence-corrected chi connectivity index (χ3v) is 3.31.